The number of halogens is 3. The number of hydrogen-bond acceptors (Lipinski definition) is 3. The Labute approximate surface area is 175 Å². The fraction of sp³-hybridized carbons (Fsp3) is 0.435. The Bertz CT molecular complexity index is 902. The van der Waals surface area contributed by atoms with Crippen molar-refractivity contribution >= 4 is 5.91 Å². The smallest absolute Gasteiger partial charge is 0.416 e. The Morgan fingerprint density at radius 1 is 1.10 bits per heavy atom. The van der Waals surface area contributed by atoms with Crippen molar-refractivity contribution in [3.05, 3.63) is 53.1 Å². The van der Waals surface area contributed by atoms with Gasteiger partial charge in [-0.2, -0.15) is 13.2 Å². The number of rotatable bonds is 7. The highest BCUT2D eigenvalue weighted by Crippen LogP contribution is 2.38. The number of hydrogen-bond donors (Lipinski definition) is 1. The number of nitrogens with zero attached hydrogens (tertiary/aromatic N) is 1. The predicted octanol–water partition coefficient (Wildman–Crippen LogP) is 5.06. The summed E-state index contributed by atoms with van der Waals surface area (Å²) in [7, 11) is 1.49. The van der Waals surface area contributed by atoms with Gasteiger partial charge in [-0.1, -0.05) is 12.1 Å². The van der Waals surface area contributed by atoms with Gasteiger partial charge < -0.3 is 14.7 Å². The van der Waals surface area contributed by atoms with E-state index in [0.29, 0.717) is 35.4 Å². The van der Waals surface area contributed by atoms with E-state index in [4.69, 9.17) is 4.74 Å². The lowest BCUT2D eigenvalue weighted by Gasteiger charge is -2.23. The Morgan fingerprint density at radius 2 is 1.77 bits per heavy atom. The quantitative estimate of drug-likeness (QED) is 0.677. The molecule has 0 saturated heterocycles. The molecule has 0 aliphatic rings. The maximum atomic E-state index is 13.3. The first kappa shape index (κ1) is 23.7. The van der Waals surface area contributed by atoms with Crippen molar-refractivity contribution < 1.29 is 27.8 Å². The third-order valence-electron chi connectivity index (χ3n) is 4.81. The van der Waals surface area contributed by atoms with Crippen molar-refractivity contribution in [3.63, 3.8) is 0 Å². The van der Waals surface area contributed by atoms with Crippen LogP contribution in [0.1, 0.15) is 44.4 Å². The van der Waals surface area contributed by atoms with E-state index in [1.54, 1.807) is 26.8 Å². The zero-order valence-corrected chi connectivity index (χ0v) is 17.9. The molecule has 7 heteroatoms. The van der Waals surface area contributed by atoms with E-state index < -0.39 is 17.3 Å². The van der Waals surface area contributed by atoms with Crippen molar-refractivity contribution in [2.24, 2.45) is 0 Å². The molecule has 2 aromatic rings. The fourth-order valence-electron chi connectivity index (χ4n) is 3.39. The number of benzene rings is 2. The molecule has 1 amide bonds. The molecule has 0 saturated carbocycles. The number of aliphatic hydroxyl groups is 1. The third-order valence-corrected chi connectivity index (χ3v) is 4.81. The second-order valence-corrected chi connectivity index (χ2v) is 7.93. The lowest BCUT2D eigenvalue weighted by molar-refractivity contribution is -0.137. The first-order chi connectivity index (χ1) is 13.9. The molecule has 0 aliphatic carbocycles. The Morgan fingerprint density at radius 3 is 2.27 bits per heavy atom. The Hall–Kier alpha value is -2.54. The summed E-state index contributed by atoms with van der Waals surface area (Å²) in [6.07, 6.45) is -4.12. The van der Waals surface area contributed by atoms with Crippen LogP contribution < -0.4 is 4.74 Å². The highest BCUT2D eigenvalue weighted by atomic mass is 19.4. The number of alkyl halides is 3. The average Bonchev–Trinajstić information content (AvgIpc) is 2.63. The molecule has 0 fully saturated rings. The van der Waals surface area contributed by atoms with Gasteiger partial charge in [0.15, 0.2) is 0 Å². The topological polar surface area (TPSA) is 49.8 Å². The first-order valence-corrected chi connectivity index (χ1v) is 9.71. The summed E-state index contributed by atoms with van der Waals surface area (Å²) in [5.41, 5.74) is 0.651. The van der Waals surface area contributed by atoms with Gasteiger partial charge in [0.1, 0.15) is 5.75 Å². The van der Waals surface area contributed by atoms with Crippen LogP contribution in [-0.2, 0) is 23.9 Å². The molecule has 2 aromatic carbocycles. The third kappa shape index (κ3) is 5.98. The van der Waals surface area contributed by atoms with Crippen LogP contribution in [0, 0.1) is 0 Å². The van der Waals surface area contributed by atoms with Gasteiger partial charge in [-0.3, -0.25) is 4.79 Å². The minimum absolute atomic E-state index is 0.0456. The number of carbonyl (C=O) groups excluding carboxylic acids is 1. The number of methoxy groups -OCH3 is 1. The lowest BCUT2D eigenvalue weighted by atomic mass is 9.92. The van der Waals surface area contributed by atoms with Crippen LogP contribution in [-0.4, -0.2) is 35.2 Å². The fourth-order valence-corrected chi connectivity index (χ4v) is 3.39. The van der Waals surface area contributed by atoms with Gasteiger partial charge in [0.25, 0.3) is 0 Å². The predicted molar refractivity (Wildman–Crippen MR) is 110 cm³/mol. The Balaban J connectivity index is 2.67. The zero-order chi connectivity index (χ0) is 22.7. The molecule has 0 bridgehead atoms. The molecule has 0 spiro atoms. The van der Waals surface area contributed by atoms with Crippen molar-refractivity contribution in [1.29, 1.82) is 0 Å². The van der Waals surface area contributed by atoms with Gasteiger partial charge in [-0.25, -0.2) is 0 Å². The number of ether oxygens (including phenoxy) is 1. The summed E-state index contributed by atoms with van der Waals surface area (Å²) in [4.78, 5) is 13.4. The molecule has 4 nitrogen and oxygen atoms in total. The molecule has 0 atom stereocenters. The van der Waals surface area contributed by atoms with Crippen LogP contribution in [0.15, 0.2) is 36.4 Å². The maximum Gasteiger partial charge on any atom is 0.416 e. The molecule has 1 N–H and O–H groups in total. The molecule has 164 valence electrons. The first-order valence-electron chi connectivity index (χ1n) is 9.71. The van der Waals surface area contributed by atoms with E-state index in [9.17, 15) is 23.1 Å². The second-order valence-electron chi connectivity index (χ2n) is 7.93. The van der Waals surface area contributed by atoms with Crippen LogP contribution >= 0.6 is 0 Å². The minimum atomic E-state index is -4.49. The Kier molecular flexibility index (Phi) is 7.18. The highest BCUT2D eigenvalue weighted by Gasteiger charge is 2.31. The maximum absolute atomic E-state index is 13.3. The second kappa shape index (κ2) is 9.08. The van der Waals surface area contributed by atoms with E-state index in [1.807, 2.05) is 12.1 Å². The van der Waals surface area contributed by atoms with Gasteiger partial charge in [0.2, 0.25) is 5.91 Å². The molecule has 30 heavy (non-hydrogen) atoms. The van der Waals surface area contributed by atoms with Crippen LogP contribution in [0.4, 0.5) is 13.2 Å². The highest BCUT2D eigenvalue weighted by molar-refractivity contribution is 5.76. The molecule has 0 unspecified atom stereocenters. The summed E-state index contributed by atoms with van der Waals surface area (Å²) in [6, 6.07) is 8.90. The van der Waals surface area contributed by atoms with E-state index in [-0.39, 0.29) is 12.5 Å². The van der Waals surface area contributed by atoms with E-state index in [1.165, 1.54) is 25.0 Å². The van der Waals surface area contributed by atoms with Gasteiger partial charge >= 0.3 is 6.18 Å². The van der Waals surface area contributed by atoms with E-state index >= 15 is 0 Å². The molecule has 0 heterocycles. The van der Waals surface area contributed by atoms with E-state index in [0.717, 1.165) is 17.7 Å². The summed E-state index contributed by atoms with van der Waals surface area (Å²) in [5.74, 6) is 0.282. The van der Waals surface area contributed by atoms with Crippen LogP contribution in [0.2, 0.25) is 0 Å². The van der Waals surface area contributed by atoms with Gasteiger partial charge in [-0.15, -0.1) is 0 Å². The average molecular weight is 423 g/mol. The standard InChI is InChI=1S/C23H28F3NO3/c1-6-27(15(2)28)14-17-12-18(23(24,25)26)8-9-19(17)20-11-16(13-22(3,4)29)7-10-21(20)30-5/h7-12,29H,6,13-14H2,1-5H3. The molecule has 2 rings (SSSR count). The number of amides is 1. The summed E-state index contributed by atoms with van der Waals surface area (Å²) in [6.45, 7) is 6.96. The molecule has 0 aliphatic heterocycles. The SMILES string of the molecule is CCN(Cc1cc(C(F)(F)F)ccc1-c1cc(CC(C)(C)O)ccc1OC)C(C)=O. The van der Waals surface area contributed by atoms with Crippen molar-refractivity contribution in [2.45, 2.75) is 52.4 Å². The van der Waals surface area contributed by atoms with Crippen LogP contribution in [0.5, 0.6) is 5.75 Å². The minimum Gasteiger partial charge on any atom is -0.496 e. The largest absolute Gasteiger partial charge is 0.496 e. The van der Waals surface area contributed by atoms with Crippen LogP contribution in [0.3, 0.4) is 0 Å². The summed E-state index contributed by atoms with van der Waals surface area (Å²) < 4.78 is 45.5. The lowest BCUT2D eigenvalue weighted by Crippen LogP contribution is -2.28. The number of carbonyl (C=O) groups is 1. The summed E-state index contributed by atoms with van der Waals surface area (Å²) in [5, 5.41) is 10.2. The van der Waals surface area contributed by atoms with Gasteiger partial charge in [-0.05, 0) is 61.7 Å². The van der Waals surface area contributed by atoms with Crippen LogP contribution in [0.25, 0.3) is 11.1 Å². The molecule has 0 aromatic heterocycles. The van der Waals surface area contributed by atoms with Crippen molar-refractivity contribution in [2.75, 3.05) is 13.7 Å². The van der Waals surface area contributed by atoms with E-state index in [2.05, 4.69) is 0 Å². The van der Waals surface area contributed by atoms with Crippen molar-refractivity contribution in [1.82, 2.24) is 4.90 Å². The monoisotopic (exact) mass is 423 g/mol. The summed E-state index contributed by atoms with van der Waals surface area (Å²) >= 11 is 0. The van der Waals surface area contributed by atoms with Crippen molar-refractivity contribution in [3.8, 4) is 16.9 Å². The van der Waals surface area contributed by atoms with Gasteiger partial charge in [0.05, 0.1) is 18.3 Å². The zero-order valence-electron chi connectivity index (χ0n) is 17.9. The molecular weight excluding hydrogens is 395 g/mol. The van der Waals surface area contributed by atoms with Gasteiger partial charge in [0, 0.05) is 32.0 Å². The molecule has 0 radical (unpaired) electrons. The molecular formula is C23H28F3NO3. The normalized spacial score (nSPS) is 12.0.